The molecule has 28 heavy (non-hydrogen) atoms. The summed E-state index contributed by atoms with van der Waals surface area (Å²) in [6.07, 6.45) is 10.2. The Morgan fingerprint density at radius 3 is 2.68 bits per heavy atom. The molecule has 1 unspecified atom stereocenters. The van der Waals surface area contributed by atoms with Crippen molar-refractivity contribution in [3.63, 3.8) is 0 Å². The van der Waals surface area contributed by atoms with Gasteiger partial charge >= 0.3 is 0 Å². The van der Waals surface area contributed by atoms with Crippen molar-refractivity contribution in [3.05, 3.63) is 48.4 Å². The number of amides is 1. The van der Waals surface area contributed by atoms with Crippen LogP contribution in [-0.2, 0) is 11.4 Å². The van der Waals surface area contributed by atoms with Crippen LogP contribution in [0.15, 0.2) is 42.9 Å². The molecular formula is C21H21N5O2. The van der Waals surface area contributed by atoms with E-state index in [0.717, 1.165) is 28.0 Å². The third-order valence-electron chi connectivity index (χ3n) is 4.80. The predicted molar refractivity (Wildman–Crippen MR) is 104 cm³/mol. The van der Waals surface area contributed by atoms with Gasteiger partial charge in [-0.2, -0.15) is 10.4 Å². The molecule has 3 aromatic heterocycles. The molecule has 2 aliphatic rings. The highest BCUT2D eigenvalue weighted by molar-refractivity contribution is 6.02. The highest BCUT2D eigenvalue weighted by Gasteiger charge is 2.33. The van der Waals surface area contributed by atoms with Gasteiger partial charge < -0.3 is 10.0 Å². The first-order chi connectivity index (χ1) is 13.7. The van der Waals surface area contributed by atoms with Crippen molar-refractivity contribution in [2.45, 2.75) is 32.3 Å². The predicted octanol–water partition coefficient (Wildman–Crippen LogP) is 2.94. The summed E-state index contributed by atoms with van der Waals surface area (Å²) in [7, 11) is 0. The summed E-state index contributed by atoms with van der Waals surface area (Å²) in [6, 6.07) is 9.44. The van der Waals surface area contributed by atoms with E-state index in [9.17, 15) is 4.79 Å². The maximum absolute atomic E-state index is 12.4. The SMILES string of the molecule is C1CC1.N#CC1CCN(c2ccnn3cc(-c4ccc(CO)cn4)cc23)C1=O. The highest BCUT2D eigenvalue weighted by Crippen LogP contribution is 2.31. The first kappa shape index (κ1) is 18.1. The van der Waals surface area contributed by atoms with E-state index in [1.807, 2.05) is 24.4 Å². The fourth-order valence-electron chi connectivity index (χ4n) is 3.10. The van der Waals surface area contributed by atoms with Gasteiger partial charge in [-0.1, -0.05) is 25.3 Å². The fraction of sp³-hybridized carbons (Fsp3) is 0.333. The second kappa shape index (κ2) is 7.79. The van der Waals surface area contributed by atoms with E-state index in [1.54, 1.807) is 27.9 Å². The number of aromatic nitrogens is 3. The lowest BCUT2D eigenvalue weighted by atomic mass is 10.1. The van der Waals surface area contributed by atoms with Gasteiger partial charge in [-0.25, -0.2) is 4.52 Å². The first-order valence-electron chi connectivity index (χ1n) is 9.46. The Morgan fingerprint density at radius 1 is 1.25 bits per heavy atom. The van der Waals surface area contributed by atoms with Crippen molar-refractivity contribution in [3.8, 4) is 17.3 Å². The Morgan fingerprint density at radius 2 is 2.07 bits per heavy atom. The zero-order valence-electron chi connectivity index (χ0n) is 15.5. The van der Waals surface area contributed by atoms with Crippen LogP contribution in [0, 0.1) is 17.2 Å². The van der Waals surface area contributed by atoms with E-state index in [2.05, 4.69) is 16.2 Å². The number of nitrogens with zero attached hydrogens (tertiary/aromatic N) is 5. The zero-order chi connectivity index (χ0) is 19.5. The molecule has 0 radical (unpaired) electrons. The molecule has 0 bridgehead atoms. The van der Waals surface area contributed by atoms with Crippen LogP contribution in [0.4, 0.5) is 5.69 Å². The second-order valence-corrected chi connectivity index (χ2v) is 7.01. The van der Waals surface area contributed by atoms with Crippen LogP contribution in [-0.4, -0.2) is 32.2 Å². The van der Waals surface area contributed by atoms with E-state index < -0.39 is 5.92 Å². The first-order valence-corrected chi connectivity index (χ1v) is 9.46. The van der Waals surface area contributed by atoms with Crippen LogP contribution in [0.5, 0.6) is 0 Å². The van der Waals surface area contributed by atoms with Gasteiger partial charge in [0.1, 0.15) is 5.92 Å². The van der Waals surface area contributed by atoms with Gasteiger partial charge in [0.15, 0.2) is 0 Å². The number of hydrogen-bond donors (Lipinski definition) is 1. The van der Waals surface area contributed by atoms with Crippen LogP contribution in [0.2, 0.25) is 0 Å². The number of fused-ring (bicyclic) bond motifs is 1. The zero-order valence-corrected chi connectivity index (χ0v) is 15.5. The highest BCUT2D eigenvalue weighted by atomic mass is 16.3. The summed E-state index contributed by atoms with van der Waals surface area (Å²) in [5.74, 6) is -0.737. The monoisotopic (exact) mass is 375 g/mol. The van der Waals surface area contributed by atoms with Gasteiger partial charge in [0, 0.05) is 30.7 Å². The maximum atomic E-state index is 12.4. The molecule has 3 aromatic rings. The topological polar surface area (TPSA) is 94.5 Å². The molecule has 0 spiro atoms. The van der Waals surface area contributed by atoms with Crippen LogP contribution >= 0.6 is 0 Å². The third-order valence-corrected chi connectivity index (χ3v) is 4.80. The molecule has 4 heterocycles. The normalized spacial score (nSPS) is 17.9. The molecule has 7 heteroatoms. The molecular weight excluding hydrogens is 354 g/mol. The molecule has 2 fully saturated rings. The summed E-state index contributed by atoms with van der Waals surface area (Å²) in [5.41, 5.74) is 3.91. The molecule has 1 aliphatic heterocycles. The van der Waals surface area contributed by atoms with Crippen molar-refractivity contribution in [2.75, 3.05) is 11.4 Å². The summed E-state index contributed by atoms with van der Waals surface area (Å²) in [4.78, 5) is 18.4. The molecule has 1 amide bonds. The van der Waals surface area contributed by atoms with Gasteiger partial charge in [0.25, 0.3) is 0 Å². The Hall–Kier alpha value is -3.24. The molecule has 5 rings (SSSR count). The fourth-order valence-corrected chi connectivity index (χ4v) is 3.10. The Balaban J connectivity index is 0.000000586. The summed E-state index contributed by atoms with van der Waals surface area (Å²) >= 11 is 0. The lowest BCUT2D eigenvalue weighted by Crippen LogP contribution is -2.27. The van der Waals surface area contributed by atoms with Crippen molar-refractivity contribution in [1.82, 2.24) is 14.6 Å². The Kier molecular flexibility index (Phi) is 5.04. The molecule has 0 aromatic carbocycles. The summed E-state index contributed by atoms with van der Waals surface area (Å²) in [5, 5.41) is 22.5. The van der Waals surface area contributed by atoms with Gasteiger partial charge in [0.05, 0.1) is 29.6 Å². The lowest BCUT2D eigenvalue weighted by Gasteiger charge is -2.16. The lowest BCUT2D eigenvalue weighted by molar-refractivity contribution is -0.118. The van der Waals surface area contributed by atoms with Crippen molar-refractivity contribution in [1.29, 1.82) is 5.26 Å². The second-order valence-electron chi connectivity index (χ2n) is 7.01. The third kappa shape index (κ3) is 3.59. The number of anilines is 1. The molecule has 7 nitrogen and oxygen atoms in total. The number of nitriles is 1. The van der Waals surface area contributed by atoms with Crippen LogP contribution in [0.25, 0.3) is 16.8 Å². The summed E-state index contributed by atoms with van der Waals surface area (Å²) < 4.78 is 1.71. The standard InChI is InChI=1S/C18H15N5O2.C3H6/c19-8-13-4-6-22(18(13)25)16-3-5-21-23-10-14(7-17(16)23)15-2-1-12(11-24)9-20-15;1-2-3-1/h1-3,5,7,9-10,13,24H,4,6,11H2;1-3H2. The number of aliphatic hydroxyl groups is 1. The van der Waals surface area contributed by atoms with Gasteiger partial charge in [-0.15, -0.1) is 0 Å². The van der Waals surface area contributed by atoms with Crippen molar-refractivity contribution >= 4 is 17.1 Å². The summed E-state index contributed by atoms with van der Waals surface area (Å²) in [6.45, 7) is 0.481. The smallest absolute Gasteiger partial charge is 0.244 e. The minimum atomic E-state index is -0.574. The minimum Gasteiger partial charge on any atom is -0.392 e. The quantitative estimate of drug-likeness (QED) is 0.759. The van der Waals surface area contributed by atoms with E-state index in [1.165, 1.54) is 19.3 Å². The van der Waals surface area contributed by atoms with E-state index in [-0.39, 0.29) is 12.5 Å². The molecule has 1 N–H and O–H groups in total. The number of hydrogen-bond acceptors (Lipinski definition) is 5. The van der Waals surface area contributed by atoms with Gasteiger partial charge in [-0.05, 0) is 30.2 Å². The number of rotatable bonds is 3. The Bertz CT molecular complexity index is 1030. The number of carbonyl (C=O) groups excluding carboxylic acids is 1. The van der Waals surface area contributed by atoms with Crippen molar-refractivity contribution < 1.29 is 9.90 Å². The molecule has 142 valence electrons. The van der Waals surface area contributed by atoms with Crippen molar-refractivity contribution in [2.24, 2.45) is 5.92 Å². The number of pyridine rings is 1. The average Bonchev–Trinajstić information content (AvgIpc) is 3.48. The molecule has 1 saturated heterocycles. The average molecular weight is 375 g/mol. The minimum absolute atomic E-state index is 0.0478. The molecule has 1 atom stereocenters. The van der Waals surface area contributed by atoms with E-state index in [4.69, 9.17) is 10.4 Å². The van der Waals surface area contributed by atoms with E-state index >= 15 is 0 Å². The Labute approximate surface area is 162 Å². The van der Waals surface area contributed by atoms with E-state index in [0.29, 0.717) is 13.0 Å². The maximum Gasteiger partial charge on any atom is 0.244 e. The van der Waals surface area contributed by atoms with Gasteiger partial charge in [0.2, 0.25) is 5.91 Å². The molecule has 1 saturated carbocycles. The van der Waals surface area contributed by atoms with Crippen LogP contribution in [0.3, 0.4) is 0 Å². The van der Waals surface area contributed by atoms with Gasteiger partial charge in [-0.3, -0.25) is 9.78 Å². The molecule has 1 aliphatic carbocycles. The number of carbonyl (C=O) groups is 1. The van der Waals surface area contributed by atoms with Crippen LogP contribution < -0.4 is 4.90 Å². The number of aliphatic hydroxyl groups excluding tert-OH is 1. The van der Waals surface area contributed by atoms with Crippen LogP contribution in [0.1, 0.15) is 31.2 Å². The largest absolute Gasteiger partial charge is 0.392 e.